The minimum Gasteiger partial charge on any atom is -0.363 e. The minimum absolute atomic E-state index is 0.130. The van der Waals surface area contributed by atoms with Crippen molar-refractivity contribution in [2.45, 2.75) is 19.9 Å². The van der Waals surface area contributed by atoms with Crippen molar-refractivity contribution in [1.82, 2.24) is 9.97 Å². The lowest BCUT2D eigenvalue weighted by Crippen LogP contribution is -2.14. The van der Waals surface area contributed by atoms with Crippen LogP contribution in [0.3, 0.4) is 0 Å². The quantitative estimate of drug-likeness (QED) is 0.681. The molecule has 2 aromatic rings. The van der Waals surface area contributed by atoms with E-state index in [9.17, 15) is 0 Å². The summed E-state index contributed by atoms with van der Waals surface area (Å²) in [6.07, 6.45) is 2.04. The molecule has 0 spiro atoms. The van der Waals surface area contributed by atoms with E-state index in [4.69, 9.17) is 5.26 Å². The number of nitrogens with zero attached hydrogens (tertiary/aromatic N) is 4. The molecule has 0 saturated heterocycles. The number of benzene rings is 1. The van der Waals surface area contributed by atoms with E-state index in [-0.39, 0.29) is 6.04 Å². The van der Waals surface area contributed by atoms with Crippen molar-refractivity contribution in [1.29, 1.82) is 5.26 Å². The van der Waals surface area contributed by atoms with Crippen LogP contribution < -0.4 is 10.2 Å². The summed E-state index contributed by atoms with van der Waals surface area (Å²) in [5, 5.41) is 12.3. The summed E-state index contributed by atoms with van der Waals surface area (Å²) in [7, 11) is 1.67. The second-order valence-corrected chi connectivity index (χ2v) is 4.59. The molecule has 0 aliphatic carbocycles. The zero-order valence-electron chi connectivity index (χ0n) is 11.8. The van der Waals surface area contributed by atoms with Gasteiger partial charge in [0.2, 0.25) is 0 Å². The fraction of sp³-hybridized carbons (Fsp3) is 0.267. The normalized spacial score (nSPS) is 11.5. The fourth-order valence-electron chi connectivity index (χ4n) is 1.90. The van der Waals surface area contributed by atoms with Crippen LogP contribution in [-0.4, -0.2) is 17.0 Å². The number of rotatable bonds is 4. The Morgan fingerprint density at radius 1 is 1.25 bits per heavy atom. The predicted octanol–water partition coefficient (Wildman–Crippen LogP) is 2.88. The van der Waals surface area contributed by atoms with Crippen molar-refractivity contribution >= 4 is 11.6 Å². The summed E-state index contributed by atoms with van der Waals surface area (Å²) in [4.78, 5) is 10.0. The maximum Gasteiger partial charge on any atom is 0.185 e. The maximum atomic E-state index is 8.92. The third-order valence-electron chi connectivity index (χ3n) is 2.98. The SMILES string of the molecule is Cc1nc(NC(C)c2ccccc2)cc(N(C)C#N)n1. The van der Waals surface area contributed by atoms with E-state index in [0.717, 1.165) is 0 Å². The summed E-state index contributed by atoms with van der Waals surface area (Å²) >= 11 is 0. The van der Waals surface area contributed by atoms with E-state index in [1.165, 1.54) is 10.5 Å². The zero-order valence-corrected chi connectivity index (χ0v) is 11.8. The lowest BCUT2D eigenvalue weighted by atomic mass is 10.1. The fourth-order valence-corrected chi connectivity index (χ4v) is 1.90. The molecule has 1 heterocycles. The molecule has 5 nitrogen and oxygen atoms in total. The number of hydrogen-bond acceptors (Lipinski definition) is 5. The molecular weight excluding hydrogens is 250 g/mol. The van der Waals surface area contributed by atoms with E-state index in [1.54, 1.807) is 13.1 Å². The molecule has 1 aromatic heterocycles. The third kappa shape index (κ3) is 3.23. The predicted molar refractivity (Wildman–Crippen MR) is 79.3 cm³/mol. The Morgan fingerprint density at radius 3 is 2.60 bits per heavy atom. The van der Waals surface area contributed by atoms with Gasteiger partial charge in [0.25, 0.3) is 0 Å². The van der Waals surface area contributed by atoms with Crippen molar-refractivity contribution < 1.29 is 0 Å². The third-order valence-corrected chi connectivity index (χ3v) is 2.98. The smallest absolute Gasteiger partial charge is 0.185 e. The molecule has 1 unspecified atom stereocenters. The van der Waals surface area contributed by atoms with Crippen LogP contribution in [0.15, 0.2) is 36.4 Å². The lowest BCUT2D eigenvalue weighted by molar-refractivity contribution is 0.866. The van der Waals surface area contributed by atoms with Gasteiger partial charge >= 0.3 is 0 Å². The average molecular weight is 267 g/mol. The molecule has 0 fully saturated rings. The van der Waals surface area contributed by atoms with Crippen LogP contribution in [0, 0.1) is 18.4 Å². The zero-order chi connectivity index (χ0) is 14.5. The molecule has 1 N–H and O–H groups in total. The summed E-state index contributed by atoms with van der Waals surface area (Å²) in [6, 6.07) is 12.0. The van der Waals surface area contributed by atoms with Gasteiger partial charge in [-0.15, -0.1) is 0 Å². The first-order chi connectivity index (χ1) is 9.60. The minimum atomic E-state index is 0.130. The van der Waals surface area contributed by atoms with E-state index in [2.05, 4.69) is 34.3 Å². The molecule has 102 valence electrons. The van der Waals surface area contributed by atoms with E-state index >= 15 is 0 Å². The topological polar surface area (TPSA) is 64.8 Å². The van der Waals surface area contributed by atoms with Crippen molar-refractivity contribution in [3.63, 3.8) is 0 Å². The monoisotopic (exact) mass is 267 g/mol. The van der Waals surface area contributed by atoms with Crippen LogP contribution in [0.25, 0.3) is 0 Å². The molecule has 5 heteroatoms. The van der Waals surface area contributed by atoms with Gasteiger partial charge in [0.05, 0.1) is 0 Å². The first-order valence-corrected chi connectivity index (χ1v) is 6.41. The maximum absolute atomic E-state index is 8.92. The molecule has 1 aromatic carbocycles. The number of nitrogens with one attached hydrogen (secondary N) is 1. The van der Waals surface area contributed by atoms with Crippen molar-refractivity contribution in [3.05, 3.63) is 47.8 Å². The van der Waals surface area contributed by atoms with Gasteiger partial charge in [-0.25, -0.2) is 9.97 Å². The Labute approximate surface area is 118 Å². The van der Waals surface area contributed by atoms with Crippen LogP contribution in [0.5, 0.6) is 0 Å². The second-order valence-electron chi connectivity index (χ2n) is 4.59. The van der Waals surface area contributed by atoms with E-state index in [0.29, 0.717) is 17.5 Å². The first-order valence-electron chi connectivity index (χ1n) is 6.41. The van der Waals surface area contributed by atoms with Crippen LogP contribution >= 0.6 is 0 Å². The highest BCUT2D eigenvalue weighted by Gasteiger charge is 2.09. The van der Waals surface area contributed by atoms with E-state index < -0.39 is 0 Å². The number of nitriles is 1. The highest BCUT2D eigenvalue weighted by Crippen LogP contribution is 2.20. The summed E-state index contributed by atoms with van der Waals surface area (Å²) in [5.74, 6) is 1.93. The van der Waals surface area contributed by atoms with Gasteiger partial charge in [0.15, 0.2) is 6.19 Å². The van der Waals surface area contributed by atoms with Crippen LogP contribution in [-0.2, 0) is 0 Å². The van der Waals surface area contributed by atoms with Crippen molar-refractivity contribution in [2.75, 3.05) is 17.3 Å². The number of hydrogen-bond donors (Lipinski definition) is 1. The Hall–Kier alpha value is -2.61. The van der Waals surface area contributed by atoms with Crippen molar-refractivity contribution in [2.24, 2.45) is 0 Å². The van der Waals surface area contributed by atoms with Gasteiger partial charge in [-0.1, -0.05) is 30.3 Å². The largest absolute Gasteiger partial charge is 0.363 e. The molecule has 0 aliphatic heterocycles. The number of aromatic nitrogens is 2. The van der Waals surface area contributed by atoms with Crippen molar-refractivity contribution in [3.8, 4) is 6.19 Å². The number of aryl methyl sites for hydroxylation is 1. The Morgan fingerprint density at radius 2 is 1.95 bits per heavy atom. The molecule has 0 aliphatic rings. The van der Waals surface area contributed by atoms with Gasteiger partial charge in [-0.2, -0.15) is 5.26 Å². The Bertz CT molecular complexity index is 618. The first kappa shape index (κ1) is 13.8. The molecule has 0 saturated carbocycles. The van der Waals surface area contributed by atoms with Gasteiger partial charge < -0.3 is 5.32 Å². The van der Waals surface area contributed by atoms with Gasteiger partial charge in [0.1, 0.15) is 17.5 Å². The molecule has 0 amide bonds. The standard InChI is InChI=1S/C15H17N5/c1-11(13-7-5-4-6-8-13)17-14-9-15(20(3)10-16)19-12(2)18-14/h4-9,11H,1-3H3,(H,17,18,19). The van der Waals surface area contributed by atoms with Crippen LogP contribution in [0.2, 0.25) is 0 Å². The van der Waals surface area contributed by atoms with Gasteiger partial charge in [-0.3, -0.25) is 4.90 Å². The molecule has 0 radical (unpaired) electrons. The molecule has 0 bridgehead atoms. The Kier molecular flexibility index (Phi) is 4.16. The second kappa shape index (κ2) is 6.02. The van der Waals surface area contributed by atoms with Crippen LogP contribution in [0.4, 0.5) is 11.6 Å². The van der Waals surface area contributed by atoms with Crippen LogP contribution in [0.1, 0.15) is 24.4 Å². The molecule has 1 atom stereocenters. The highest BCUT2D eigenvalue weighted by molar-refractivity contribution is 5.52. The number of anilines is 2. The average Bonchev–Trinajstić information content (AvgIpc) is 2.46. The van der Waals surface area contributed by atoms with Gasteiger partial charge in [0, 0.05) is 19.2 Å². The summed E-state index contributed by atoms with van der Waals surface area (Å²) in [5.41, 5.74) is 1.18. The Balaban J connectivity index is 2.22. The van der Waals surface area contributed by atoms with E-state index in [1.807, 2.05) is 31.3 Å². The summed E-state index contributed by atoms with van der Waals surface area (Å²) < 4.78 is 0. The highest BCUT2D eigenvalue weighted by atomic mass is 15.2. The van der Waals surface area contributed by atoms with Gasteiger partial charge in [-0.05, 0) is 19.4 Å². The lowest BCUT2D eigenvalue weighted by Gasteiger charge is -2.16. The molecular formula is C15H17N5. The molecule has 20 heavy (non-hydrogen) atoms. The molecule has 2 rings (SSSR count). The summed E-state index contributed by atoms with van der Waals surface area (Å²) in [6.45, 7) is 3.88.